The second-order valence-corrected chi connectivity index (χ2v) is 7.90. The number of amides is 1. The first-order valence-electron chi connectivity index (χ1n) is 9.12. The van der Waals surface area contributed by atoms with Crippen molar-refractivity contribution in [2.75, 3.05) is 12.4 Å². The van der Waals surface area contributed by atoms with E-state index >= 15 is 0 Å². The second kappa shape index (κ2) is 8.48. The zero-order valence-corrected chi connectivity index (χ0v) is 16.9. The number of anilines is 1. The summed E-state index contributed by atoms with van der Waals surface area (Å²) in [5.74, 6) is 1.14. The first-order valence-corrected chi connectivity index (χ1v) is 10.00. The Morgan fingerprint density at radius 3 is 2.78 bits per heavy atom. The molecular weight excluding hydrogens is 358 g/mol. The summed E-state index contributed by atoms with van der Waals surface area (Å²) in [5, 5.41) is 3.51. The third-order valence-corrected chi connectivity index (χ3v) is 5.67. The fourth-order valence-electron chi connectivity index (χ4n) is 2.86. The number of hydrogen-bond acceptors (Lipinski definition) is 4. The van der Waals surface area contributed by atoms with Gasteiger partial charge in [-0.2, -0.15) is 0 Å². The van der Waals surface area contributed by atoms with E-state index in [0.29, 0.717) is 5.92 Å². The number of H-pyrrole nitrogens is 1. The Morgan fingerprint density at radius 1 is 1.26 bits per heavy atom. The fourth-order valence-corrected chi connectivity index (χ4v) is 3.68. The lowest BCUT2D eigenvalue weighted by atomic mass is 9.97. The Bertz CT molecular complexity index is 938. The monoisotopic (exact) mass is 383 g/mol. The predicted molar refractivity (Wildman–Crippen MR) is 112 cm³/mol. The fraction of sp³-hybridized carbons (Fsp3) is 0.333. The third kappa shape index (κ3) is 4.45. The minimum absolute atomic E-state index is 0.0335. The molecule has 2 aromatic carbocycles. The van der Waals surface area contributed by atoms with Crippen molar-refractivity contribution in [1.29, 1.82) is 0 Å². The van der Waals surface area contributed by atoms with Crippen LogP contribution < -0.4 is 10.1 Å². The van der Waals surface area contributed by atoms with Gasteiger partial charge in [-0.1, -0.05) is 43.8 Å². The molecule has 6 heteroatoms. The highest BCUT2D eigenvalue weighted by Crippen LogP contribution is 2.29. The van der Waals surface area contributed by atoms with Gasteiger partial charge < -0.3 is 15.0 Å². The molecule has 2 atom stereocenters. The molecule has 0 saturated heterocycles. The smallest absolute Gasteiger partial charge is 0.237 e. The van der Waals surface area contributed by atoms with Crippen LogP contribution in [0, 0.1) is 0 Å². The lowest BCUT2D eigenvalue weighted by Gasteiger charge is -2.17. The molecule has 0 radical (unpaired) electrons. The van der Waals surface area contributed by atoms with E-state index < -0.39 is 0 Å². The number of nitrogens with zero attached hydrogens (tertiary/aromatic N) is 1. The van der Waals surface area contributed by atoms with Gasteiger partial charge in [0, 0.05) is 11.8 Å². The van der Waals surface area contributed by atoms with Gasteiger partial charge in [0.25, 0.3) is 0 Å². The number of fused-ring (bicyclic) bond motifs is 1. The largest absolute Gasteiger partial charge is 0.497 e. The summed E-state index contributed by atoms with van der Waals surface area (Å²) in [5.41, 5.74) is 3.81. The lowest BCUT2D eigenvalue weighted by Crippen LogP contribution is -2.23. The number of nitrogens with one attached hydrogen (secondary N) is 2. The number of aromatic amines is 1. The molecule has 0 unspecified atom stereocenters. The molecule has 0 aliphatic carbocycles. The average molecular weight is 384 g/mol. The van der Waals surface area contributed by atoms with Crippen LogP contribution in [0.15, 0.2) is 47.6 Å². The Morgan fingerprint density at radius 2 is 2.04 bits per heavy atom. The summed E-state index contributed by atoms with van der Waals surface area (Å²) in [4.78, 5) is 20.5. The van der Waals surface area contributed by atoms with Crippen molar-refractivity contribution in [2.24, 2.45) is 0 Å². The van der Waals surface area contributed by atoms with E-state index in [-0.39, 0.29) is 11.2 Å². The van der Waals surface area contributed by atoms with E-state index in [9.17, 15) is 4.79 Å². The summed E-state index contributed by atoms with van der Waals surface area (Å²) in [6.45, 7) is 6.21. The Hall–Kier alpha value is -2.47. The quantitative estimate of drug-likeness (QED) is 0.550. The molecule has 0 fully saturated rings. The number of methoxy groups -OCH3 is 1. The van der Waals surface area contributed by atoms with Gasteiger partial charge in [0.15, 0.2) is 5.16 Å². The van der Waals surface area contributed by atoms with Crippen LogP contribution >= 0.6 is 11.8 Å². The van der Waals surface area contributed by atoms with Crippen LogP contribution in [0.2, 0.25) is 0 Å². The number of thioether (sulfide) groups is 1. The number of ether oxygens (including phenoxy) is 1. The van der Waals surface area contributed by atoms with Gasteiger partial charge in [-0.15, -0.1) is 0 Å². The maximum atomic E-state index is 12.7. The van der Waals surface area contributed by atoms with Crippen molar-refractivity contribution in [3.8, 4) is 5.75 Å². The van der Waals surface area contributed by atoms with E-state index in [1.54, 1.807) is 7.11 Å². The zero-order valence-electron chi connectivity index (χ0n) is 16.1. The summed E-state index contributed by atoms with van der Waals surface area (Å²) in [7, 11) is 1.64. The molecule has 3 aromatic rings. The minimum atomic E-state index is -0.280. The number of aromatic nitrogens is 2. The van der Waals surface area contributed by atoms with Gasteiger partial charge in [-0.3, -0.25) is 4.79 Å². The molecule has 0 bridgehead atoms. The summed E-state index contributed by atoms with van der Waals surface area (Å²) >= 11 is 1.41. The molecule has 0 saturated carbocycles. The van der Waals surface area contributed by atoms with Crippen molar-refractivity contribution in [3.05, 3.63) is 48.0 Å². The third-order valence-electron chi connectivity index (χ3n) is 4.69. The molecule has 0 aliphatic rings. The van der Waals surface area contributed by atoms with E-state index in [1.807, 2.05) is 43.3 Å². The molecule has 2 N–H and O–H groups in total. The second-order valence-electron chi connectivity index (χ2n) is 6.57. The Kier molecular flexibility index (Phi) is 6.06. The van der Waals surface area contributed by atoms with Gasteiger partial charge in [0.2, 0.25) is 5.91 Å². The standard InChI is InChI=1S/C21H25N3O2S/c1-5-13(2)16-8-6-7-9-17(16)22-20(25)14(3)27-21-23-18-11-10-15(26-4)12-19(18)24-21/h6-14H,5H2,1-4H3,(H,22,25)(H,23,24)/t13-,14+/m1/s1. The topological polar surface area (TPSA) is 67.0 Å². The highest BCUT2D eigenvalue weighted by atomic mass is 32.2. The average Bonchev–Trinajstić information content (AvgIpc) is 3.08. The molecule has 1 heterocycles. The van der Waals surface area contributed by atoms with E-state index in [0.717, 1.165) is 34.0 Å². The van der Waals surface area contributed by atoms with Gasteiger partial charge in [0.05, 0.1) is 23.4 Å². The van der Waals surface area contributed by atoms with Gasteiger partial charge in [-0.25, -0.2) is 4.98 Å². The maximum absolute atomic E-state index is 12.7. The number of benzene rings is 2. The molecule has 142 valence electrons. The van der Waals surface area contributed by atoms with Gasteiger partial charge in [-0.05, 0) is 43.0 Å². The van der Waals surface area contributed by atoms with Crippen LogP contribution in [0.25, 0.3) is 11.0 Å². The SMILES string of the molecule is CC[C@@H](C)c1ccccc1NC(=O)[C@H](C)Sc1nc2ccc(OC)cc2[nH]1. The van der Waals surface area contributed by atoms with E-state index in [2.05, 4.69) is 35.2 Å². The van der Waals surface area contributed by atoms with Crippen LogP contribution in [0.5, 0.6) is 5.75 Å². The number of carbonyl (C=O) groups excluding carboxylic acids is 1. The maximum Gasteiger partial charge on any atom is 0.237 e. The molecule has 27 heavy (non-hydrogen) atoms. The predicted octanol–water partition coefficient (Wildman–Crippen LogP) is 5.20. The highest BCUT2D eigenvalue weighted by Gasteiger charge is 2.19. The van der Waals surface area contributed by atoms with Crippen LogP contribution in [-0.4, -0.2) is 28.2 Å². The molecule has 1 aromatic heterocycles. The zero-order chi connectivity index (χ0) is 19.4. The summed E-state index contributed by atoms with van der Waals surface area (Å²) in [6.07, 6.45) is 1.03. The number of carbonyl (C=O) groups is 1. The lowest BCUT2D eigenvalue weighted by molar-refractivity contribution is -0.115. The Balaban J connectivity index is 1.71. The highest BCUT2D eigenvalue weighted by molar-refractivity contribution is 8.00. The van der Waals surface area contributed by atoms with E-state index in [1.165, 1.54) is 17.3 Å². The normalized spacial score (nSPS) is 13.3. The molecular formula is C21H25N3O2S. The van der Waals surface area contributed by atoms with Crippen molar-refractivity contribution in [1.82, 2.24) is 9.97 Å². The first kappa shape index (κ1) is 19.3. The van der Waals surface area contributed by atoms with Crippen LogP contribution in [0.3, 0.4) is 0 Å². The van der Waals surface area contributed by atoms with Crippen molar-refractivity contribution in [3.63, 3.8) is 0 Å². The number of imidazole rings is 1. The molecule has 0 aliphatic heterocycles. The van der Waals surface area contributed by atoms with Gasteiger partial charge in [0.1, 0.15) is 5.75 Å². The first-order chi connectivity index (χ1) is 13.0. The summed E-state index contributed by atoms with van der Waals surface area (Å²) in [6, 6.07) is 13.7. The molecule has 5 nitrogen and oxygen atoms in total. The minimum Gasteiger partial charge on any atom is -0.497 e. The molecule has 3 rings (SSSR count). The van der Waals surface area contributed by atoms with Crippen LogP contribution in [0.4, 0.5) is 5.69 Å². The number of hydrogen-bond donors (Lipinski definition) is 2. The number of rotatable bonds is 7. The Labute approximate surface area is 163 Å². The van der Waals surface area contributed by atoms with Crippen molar-refractivity contribution in [2.45, 2.75) is 43.5 Å². The summed E-state index contributed by atoms with van der Waals surface area (Å²) < 4.78 is 5.24. The van der Waals surface area contributed by atoms with E-state index in [4.69, 9.17) is 4.74 Å². The van der Waals surface area contributed by atoms with Crippen LogP contribution in [0.1, 0.15) is 38.7 Å². The molecule has 0 spiro atoms. The van der Waals surface area contributed by atoms with Crippen molar-refractivity contribution >= 4 is 34.4 Å². The van der Waals surface area contributed by atoms with Crippen LogP contribution in [-0.2, 0) is 4.79 Å². The molecule has 1 amide bonds. The number of para-hydroxylation sites is 1. The van der Waals surface area contributed by atoms with Crippen molar-refractivity contribution < 1.29 is 9.53 Å². The van der Waals surface area contributed by atoms with Gasteiger partial charge >= 0.3 is 0 Å².